The number of thioether (sulfide) groups is 1. The number of benzene rings is 1. The van der Waals surface area contributed by atoms with Crippen LogP contribution in [-0.2, 0) is 6.54 Å². The molecule has 1 aromatic heterocycles. The van der Waals surface area contributed by atoms with Gasteiger partial charge in [-0.15, -0.1) is 11.8 Å². The van der Waals surface area contributed by atoms with E-state index in [1.165, 1.54) is 19.3 Å². The summed E-state index contributed by atoms with van der Waals surface area (Å²) in [4.78, 5) is 23.9. The minimum absolute atomic E-state index is 0.0435. The zero-order chi connectivity index (χ0) is 19.9. The highest BCUT2D eigenvalue weighted by atomic mass is 32.2. The molecule has 28 heavy (non-hydrogen) atoms. The molecule has 0 bridgehead atoms. The summed E-state index contributed by atoms with van der Waals surface area (Å²) in [5.41, 5.74) is 1.84. The summed E-state index contributed by atoms with van der Waals surface area (Å²) in [7, 11) is 0. The standard InChI is InChI=1S/C21H27N3O3S/c1-2-12-28-20-18(19(25)23-17-6-4-3-5-7-17)13-22-24(20)14-15-8-10-16(11-9-15)21(26)27/h8-11,13,17H,2-7,12,14H2,1H3,(H,23,25)(H,26,27). The Bertz CT molecular complexity index is 811. The van der Waals surface area contributed by atoms with Gasteiger partial charge in [0.15, 0.2) is 0 Å². The van der Waals surface area contributed by atoms with E-state index < -0.39 is 5.97 Å². The lowest BCUT2D eigenvalue weighted by Crippen LogP contribution is -2.36. The van der Waals surface area contributed by atoms with Crippen LogP contribution in [-0.4, -0.2) is 38.6 Å². The second-order valence-electron chi connectivity index (χ2n) is 7.18. The van der Waals surface area contributed by atoms with Crippen LogP contribution in [0.4, 0.5) is 0 Å². The van der Waals surface area contributed by atoms with Crippen LogP contribution in [0.25, 0.3) is 0 Å². The van der Waals surface area contributed by atoms with Crippen LogP contribution < -0.4 is 5.32 Å². The van der Waals surface area contributed by atoms with Crippen molar-refractivity contribution < 1.29 is 14.7 Å². The van der Waals surface area contributed by atoms with Gasteiger partial charge in [-0.1, -0.05) is 38.3 Å². The Hall–Kier alpha value is -2.28. The van der Waals surface area contributed by atoms with Crippen LogP contribution in [0.2, 0.25) is 0 Å². The largest absolute Gasteiger partial charge is 0.478 e. The molecule has 7 heteroatoms. The molecule has 150 valence electrons. The van der Waals surface area contributed by atoms with Crippen molar-refractivity contribution in [2.45, 2.75) is 63.1 Å². The Morgan fingerprint density at radius 3 is 2.57 bits per heavy atom. The summed E-state index contributed by atoms with van der Waals surface area (Å²) in [6, 6.07) is 7.03. The van der Waals surface area contributed by atoms with E-state index in [-0.39, 0.29) is 17.5 Å². The molecule has 2 N–H and O–H groups in total. The number of rotatable bonds is 8. The first kappa shape index (κ1) is 20.5. The summed E-state index contributed by atoms with van der Waals surface area (Å²) >= 11 is 1.64. The van der Waals surface area contributed by atoms with Crippen molar-refractivity contribution in [3.63, 3.8) is 0 Å². The summed E-state index contributed by atoms with van der Waals surface area (Å²) < 4.78 is 1.84. The van der Waals surface area contributed by atoms with Gasteiger partial charge in [-0.3, -0.25) is 9.48 Å². The molecule has 2 aromatic rings. The maximum atomic E-state index is 12.8. The van der Waals surface area contributed by atoms with Gasteiger partial charge < -0.3 is 10.4 Å². The molecule has 1 amide bonds. The molecular formula is C21H27N3O3S. The number of nitrogens with zero attached hydrogens (tertiary/aromatic N) is 2. The van der Waals surface area contributed by atoms with E-state index in [0.29, 0.717) is 12.1 Å². The van der Waals surface area contributed by atoms with Gasteiger partial charge in [0.2, 0.25) is 0 Å². The number of carbonyl (C=O) groups is 2. The number of carboxylic acids is 1. The third-order valence-corrected chi connectivity index (χ3v) is 6.27. The van der Waals surface area contributed by atoms with E-state index in [4.69, 9.17) is 5.11 Å². The lowest BCUT2D eigenvalue weighted by Gasteiger charge is -2.22. The minimum Gasteiger partial charge on any atom is -0.478 e. The van der Waals surface area contributed by atoms with Gasteiger partial charge in [-0.05, 0) is 42.7 Å². The first-order valence-corrected chi connectivity index (χ1v) is 10.9. The number of nitrogens with one attached hydrogen (secondary N) is 1. The van der Waals surface area contributed by atoms with Crippen molar-refractivity contribution >= 4 is 23.6 Å². The zero-order valence-corrected chi connectivity index (χ0v) is 17.0. The maximum absolute atomic E-state index is 12.8. The first-order valence-electron chi connectivity index (χ1n) is 9.90. The topological polar surface area (TPSA) is 84.2 Å². The molecule has 0 aliphatic heterocycles. The number of aromatic carboxylic acids is 1. The predicted molar refractivity (Wildman–Crippen MR) is 110 cm³/mol. The van der Waals surface area contributed by atoms with Crippen LogP contribution in [0.15, 0.2) is 35.5 Å². The van der Waals surface area contributed by atoms with Crippen molar-refractivity contribution in [3.8, 4) is 0 Å². The average Bonchev–Trinajstić information content (AvgIpc) is 3.10. The third kappa shape index (κ3) is 5.16. The molecular weight excluding hydrogens is 374 g/mol. The average molecular weight is 402 g/mol. The number of carbonyl (C=O) groups excluding carboxylic acids is 1. The molecule has 0 unspecified atom stereocenters. The van der Waals surface area contributed by atoms with Gasteiger partial charge in [0.05, 0.1) is 23.9 Å². The van der Waals surface area contributed by atoms with Gasteiger partial charge in [-0.2, -0.15) is 5.10 Å². The molecule has 0 saturated heterocycles. The van der Waals surface area contributed by atoms with E-state index >= 15 is 0 Å². The van der Waals surface area contributed by atoms with Crippen molar-refractivity contribution in [1.82, 2.24) is 15.1 Å². The minimum atomic E-state index is -0.938. The molecule has 1 aromatic carbocycles. The van der Waals surface area contributed by atoms with Crippen molar-refractivity contribution in [2.24, 2.45) is 0 Å². The highest BCUT2D eigenvalue weighted by Gasteiger charge is 2.22. The fourth-order valence-electron chi connectivity index (χ4n) is 3.43. The quantitative estimate of drug-likeness (QED) is 0.648. The van der Waals surface area contributed by atoms with E-state index in [0.717, 1.165) is 35.6 Å². The number of amides is 1. The van der Waals surface area contributed by atoms with Gasteiger partial charge in [0.1, 0.15) is 5.03 Å². The van der Waals surface area contributed by atoms with Crippen molar-refractivity contribution in [3.05, 3.63) is 47.2 Å². The third-order valence-electron chi connectivity index (χ3n) is 4.95. The predicted octanol–water partition coefficient (Wildman–Crippen LogP) is 4.19. The number of aromatic nitrogens is 2. The van der Waals surface area contributed by atoms with E-state index in [9.17, 15) is 9.59 Å². The van der Waals surface area contributed by atoms with Crippen LogP contribution in [0.5, 0.6) is 0 Å². The fourth-order valence-corrected chi connectivity index (χ4v) is 4.39. The molecule has 1 heterocycles. The molecule has 0 spiro atoms. The lowest BCUT2D eigenvalue weighted by atomic mass is 9.95. The highest BCUT2D eigenvalue weighted by Crippen LogP contribution is 2.25. The number of carboxylic acid groups (broad SMARTS) is 1. The molecule has 6 nitrogen and oxygen atoms in total. The SMILES string of the molecule is CCCSc1c(C(=O)NC2CCCCC2)cnn1Cc1ccc(C(=O)O)cc1. The molecule has 1 saturated carbocycles. The number of hydrogen-bond acceptors (Lipinski definition) is 4. The molecule has 0 radical (unpaired) electrons. The van der Waals surface area contributed by atoms with Gasteiger partial charge in [0, 0.05) is 6.04 Å². The summed E-state index contributed by atoms with van der Waals surface area (Å²) in [6.45, 7) is 2.61. The molecule has 1 fully saturated rings. The second-order valence-corrected chi connectivity index (χ2v) is 8.26. The lowest BCUT2D eigenvalue weighted by molar-refractivity contribution is 0.0696. The fraction of sp³-hybridized carbons (Fsp3) is 0.476. The molecule has 0 atom stereocenters. The van der Waals surface area contributed by atoms with Gasteiger partial charge in [0.25, 0.3) is 5.91 Å². The van der Waals surface area contributed by atoms with E-state index in [1.807, 2.05) is 4.68 Å². The van der Waals surface area contributed by atoms with Gasteiger partial charge >= 0.3 is 5.97 Å². The number of hydrogen-bond donors (Lipinski definition) is 2. The monoisotopic (exact) mass is 401 g/mol. The second kappa shape index (κ2) is 9.78. The smallest absolute Gasteiger partial charge is 0.335 e. The zero-order valence-electron chi connectivity index (χ0n) is 16.2. The van der Waals surface area contributed by atoms with Crippen LogP contribution in [0.1, 0.15) is 71.7 Å². The van der Waals surface area contributed by atoms with Crippen molar-refractivity contribution in [1.29, 1.82) is 0 Å². The van der Waals surface area contributed by atoms with Crippen LogP contribution in [0, 0.1) is 0 Å². The summed E-state index contributed by atoms with van der Waals surface area (Å²) in [5, 5.41) is 17.5. The molecule has 1 aliphatic carbocycles. The summed E-state index contributed by atoms with van der Waals surface area (Å²) in [6.07, 6.45) is 8.36. The van der Waals surface area contributed by atoms with Crippen molar-refractivity contribution in [2.75, 3.05) is 5.75 Å². The normalized spacial score (nSPS) is 14.8. The van der Waals surface area contributed by atoms with E-state index in [2.05, 4.69) is 17.3 Å². The Morgan fingerprint density at radius 2 is 1.93 bits per heavy atom. The summed E-state index contributed by atoms with van der Waals surface area (Å²) in [5.74, 6) is -0.0719. The van der Waals surface area contributed by atoms with E-state index in [1.54, 1.807) is 42.2 Å². The van der Waals surface area contributed by atoms with Gasteiger partial charge in [-0.25, -0.2) is 4.79 Å². The Balaban J connectivity index is 1.76. The van der Waals surface area contributed by atoms with Crippen LogP contribution in [0.3, 0.4) is 0 Å². The Kier molecular flexibility index (Phi) is 7.14. The maximum Gasteiger partial charge on any atom is 0.335 e. The molecule has 3 rings (SSSR count). The highest BCUT2D eigenvalue weighted by molar-refractivity contribution is 7.99. The first-order chi connectivity index (χ1) is 13.6. The Morgan fingerprint density at radius 1 is 1.21 bits per heavy atom. The Labute approximate surface area is 169 Å². The molecule has 1 aliphatic rings. The van der Waals surface area contributed by atoms with Crippen LogP contribution >= 0.6 is 11.8 Å².